The fraction of sp³-hybridized carbons (Fsp3) is 0.0556. The molecule has 2 aromatic rings. The zero-order valence-corrected chi connectivity index (χ0v) is 14.2. The minimum absolute atomic E-state index is 0.0414. The number of aliphatic carboxylic acids is 1. The highest BCUT2D eigenvalue weighted by Gasteiger charge is 2.03. The normalized spacial score (nSPS) is 10.8. The summed E-state index contributed by atoms with van der Waals surface area (Å²) in [5.74, 6) is -0.503. The number of hydrogen-bond acceptors (Lipinski definition) is 3. The van der Waals surface area contributed by atoms with E-state index in [2.05, 4.69) is 12.6 Å². The molecule has 0 radical (unpaired) electrons. The van der Waals surface area contributed by atoms with E-state index < -0.39 is 5.97 Å². The lowest BCUT2D eigenvalue weighted by Crippen LogP contribution is -1.92. The Balaban J connectivity index is 0.000000366. The molecule has 0 fully saturated rings. The molecular weight excluding hydrogens is 332 g/mol. The number of carboxylic acids is 1. The highest BCUT2D eigenvalue weighted by Crippen LogP contribution is 2.28. The molecule has 120 valence electrons. The largest absolute Gasteiger partial charge is 0.495 e. The van der Waals surface area contributed by atoms with Crippen LogP contribution in [0.2, 0.25) is 5.02 Å². The molecule has 0 unspecified atom stereocenters. The van der Waals surface area contributed by atoms with Crippen molar-refractivity contribution < 1.29 is 14.6 Å². The van der Waals surface area contributed by atoms with Gasteiger partial charge in [-0.15, -0.1) is 12.6 Å². The zero-order chi connectivity index (χ0) is 17.1. The van der Waals surface area contributed by atoms with Gasteiger partial charge in [-0.2, -0.15) is 0 Å². The molecule has 0 atom stereocenters. The fourth-order valence-corrected chi connectivity index (χ4v) is 1.87. The molecule has 0 spiro atoms. The van der Waals surface area contributed by atoms with E-state index in [-0.39, 0.29) is 4.91 Å². The Labute approximate surface area is 146 Å². The van der Waals surface area contributed by atoms with E-state index in [1.807, 2.05) is 36.4 Å². The Morgan fingerprint density at radius 3 is 2.17 bits per heavy atom. The molecule has 0 amide bonds. The molecule has 5 heteroatoms. The average molecular weight is 349 g/mol. The van der Waals surface area contributed by atoms with Crippen molar-refractivity contribution in [3.05, 3.63) is 82.2 Å². The summed E-state index contributed by atoms with van der Waals surface area (Å²) in [5.41, 5.74) is 0.744. The van der Waals surface area contributed by atoms with E-state index in [1.165, 1.54) is 13.2 Å². The molecule has 23 heavy (non-hydrogen) atoms. The Hall–Kier alpha value is -2.17. The number of rotatable bonds is 4. The maximum absolute atomic E-state index is 10.5. The number of methoxy groups -OCH3 is 1. The van der Waals surface area contributed by atoms with Crippen LogP contribution in [-0.2, 0) is 4.79 Å². The summed E-state index contributed by atoms with van der Waals surface area (Å²) in [5, 5.41) is 9.07. The van der Waals surface area contributed by atoms with Gasteiger partial charge < -0.3 is 9.84 Å². The highest BCUT2D eigenvalue weighted by molar-refractivity contribution is 7.85. The summed E-state index contributed by atoms with van der Waals surface area (Å²) in [6.45, 7) is 0. The van der Waals surface area contributed by atoms with Crippen LogP contribution in [0.1, 0.15) is 5.56 Å². The van der Waals surface area contributed by atoms with Gasteiger partial charge in [-0.05, 0) is 17.7 Å². The number of allylic oxidation sites excluding steroid dienone is 2. The number of carbonyl (C=O) groups is 1. The van der Waals surface area contributed by atoms with Crippen molar-refractivity contribution in [3.8, 4) is 5.75 Å². The molecule has 0 aromatic heterocycles. The first-order valence-electron chi connectivity index (χ1n) is 6.69. The second-order valence-corrected chi connectivity index (χ2v) is 5.09. The lowest BCUT2D eigenvalue weighted by Gasteiger charge is -2.04. The van der Waals surface area contributed by atoms with Crippen molar-refractivity contribution in [3.63, 3.8) is 0 Å². The summed E-state index contributed by atoms with van der Waals surface area (Å²) in [4.78, 5) is 10.4. The number of hydrogen-bond donors (Lipinski definition) is 2. The van der Waals surface area contributed by atoms with Gasteiger partial charge in [-0.1, -0.05) is 72.3 Å². The SMILES string of the molecule is COc1cccc(/C=C/C=C(\S)C(=O)O)c1Cl.c1ccccc1. The second kappa shape index (κ2) is 10.5. The van der Waals surface area contributed by atoms with Gasteiger partial charge in [0.1, 0.15) is 5.75 Å². The quantitative estimate of drug-likeness (QED) is 0.467. The van der Waals surface area contributed by atoms with Gasteiger partial charge in [-0.25, -0.2) is 4.79 Å². The van der Waals surface area contributed by atoms with Gasteiger partial charge in [0, 0.05) is 0 Å². The average Bonchev–Trinajstić information content (AvgIpc) is 2.58. The van der Waals surface area contributed by atoms with E-state index in [9.17, 15) is 4.79 Å². The Morgan fingerprint density at radius 1 is 1.13 bits per heavy atom. The van der Waals surface area contributed by atoms with E-state index in [0.29, 0.717) is 10.8 Å². The molecule has 2 rings (SSSR count). The number of carboxylic acid groups (broad SMARTS) is 1. The van der Waals surface area contributed by atoms with Gasteiger partial charge in [0.05, 0.1) is 17.0 Å². The predicted octanol–water partition coefficient (Wildman–Crippen LogP) is 4.95. The lowest BCUT2D eigenvalue weighted by molar-refractivity contribution is -0.131. The summed E-state index contributed by atoms with van der Waals surface area (Å²) in [7, 11) is 1.53. The summed E-state index contributed by atoms with van der Waals surface area (Å²) < 4.78 is 5.06. The standard InChI is InChI=1S/C12H11ClO3S.C6H6/c1-16-9-6-2-4-8(11(9)13)5-3-7-10(17)12(14)15;1-2-4-6-5-3-1/h2-7,17H,1H3,(H,14,15);1-6H/b5-3+,10-7-;. The first kappa shape index (κ1) is 18.9. The maximum atomic E-state index is 10.5. The van der Waals surface area contributed by atoms with Crippen LogP contribution < -0.4 is 4.74 Å². The fourth-order valence-electron chi connectivity index (χ4n) is 1.51. The van der Waals surface area contributed by atoms with E-state index in [1.54, 1.807) is 30.4 Å². The Bertz CT molecular complexity index is 655. The van der Waals surface area contributed by atoms with E-state index in [4.69, 9.17) is 21.4 Å². The first-order valence-corrected chi connectivity index (χ1v) is 7.52. The topological polar surface area (TPSA) is 46.5 Å². The van der Waals surface area contributed by atoms with Gasteiger partial charge >= 0.3 is 5.97 Å². The molecular formula is C18H17ClO3S. The second-order valence-electron chi connectivity index (χ2n) is 4.23. The number of thiol groups is 1. The van der Waals surface area contributed by atoms with Crippen LogP contribution in [0, 0.1) is 0 Å². The maximum Gasteiger partial charge on any atom is 0.341 e. The first-order chi connectivity index (χ1) is 11.1. The van der Waals surface area contributed by atoms with Crippen LogP contribution in [0.3, 0.4) is 0 Å². The minimum Gasteiger partial charge on any atom is -0.495 e. The third kappa shape index (κ3) is 7.08. The molecule has 0 bridgehead atoms. The van der Waals surface area contributed by atoms with Crippen LogP contribution in [0.25, 0.3) is 6.08 Å². The van der Waals surface area contributed by atoms with Gasteiger partial charge in [0.25, 0.3) is 0 Å². The van der Waals surface area contributed by atoms with Crippen molar-refractivity contribution in [1.82, 2.24) is 0 Å². The van der Waals surface area contributed by atoms with E-state index >= 15 is 0 Å². The van der Waals surface area contributed by atoms with Crippen molar-refractivity contribution in [2.75, 3.05) is 7.11 Å². The molecule has 0 aliphatic heterocycles. The molecule has 0 heterocycles. The zero-order valence-electron chi connectivity index (χ0n) is 12.5. The van der Waals surface area contributed by atoms with Crippen molar-refractivity contribution in [1.29, 1.82) is 0 Å². The van der Waals surface area contributed by atoms with Gasteiger partial charge in [0.15, 0.2) is 0 Å². The third-order valence-electron chi connectivity index (χ3n) is 2.63. The highest BCUT2D eigenvalue weighted by atomic mass is 35.5. The number of halogens is 1. The molecule has 0 saturated carbocycles. The molecule has 1 N–H and O–H groups in total. The smallest absolute Gasteiger partial charge is 0.341 e. The van der Waals surface area contributed by atoms with Crippen LogP contribution in [0.15, 0.2) is 71.7 Å². The number of ether oxygens (including phenoxy) is 1. The molecule has 0 aliphatic rings. The monoisotopic (exact) mass is 348 g/mol. The summed E-state index contributed by atoms with van der Waals surface area (Å²) >= 11 is 9.84. The third-order valence-corrected chi connectivity index (χ3v) is 3.37. The van der Waals surface area contributed by atoms with Crippen LogP contribution in [-0.4, -0.2) is 18.2 Å². The Morgan fingerprint density at radius 2 is 1.70 bits per heavy atom. The molecule has 0 aliphatic carbocycles. The van der Waals surface area contributed by atoms with Crippen molar-refractivity contribution >= 4 is 36.3 Å². The van der Waals surface area contributed by atoms with Crippen molar-refractivity contribution in [2.24, 2.45) is 0 Å². The van der Waals surface area contributed by atoms with Crippen LogP contribution >= 0.6 is 24.2 Å². The molecule has 2 aromatic carbocycles. The molecule has 0 saturated heterocycles. The van der Waals surface area contributed by atoms with Gasteiger partial charge in [0.2, 0.25) is 0 Å². The van der Waals surface area contributed by atoms with Crippen LogP contribution in [0.5, 0.6) is 5.75 Å². The van der Waals surface area contributed by atoms with Crippen molar-refractivity contribution in [2.45, 2.75) is 0 Å². The van der Waals surface area contributed by atoms with Crippen LogP contribution in [0.4, 0.5) is 0 Å². The minimum atomic E-state index is -1.07. The van der Waals surface area contributed by atoms with Gasteiger partial charge in [-0.3, -0.25) is 0 Å². The summed E-state index contributed by atoms with van der Waals surface area (Å²) in [6.07, 6.45) is 4.63. The molecule has 3 nitrogen and oxygen atoms in total. The Kier molecular flexibility index (Phi) is 8.65. The lowest BCUT2D eigenvalue weighted by atomic mass is 10.2. The summed E-state index contributed by atoms with van der Waals surface area (Å²) in [6, 6.07) is 17.3. The van der Waals surface area contributed by atoms with E-state index in [0.717, 1.165) is 5.56 Å². The predicted molar refractivity (Wildman–Crippen MR) is 98.2 cm³/mol. The number of benzene rings is 2.